The minimum atomic E-state index is -0.536. The number of nitrogens with two attached hydrogens (primary N) is 1. The Bertz CT molecular complexity index is 569. The number of nitriles is 1. The summed E-state index contributed by atoms with van der Waals surface area (Å²) in [5.74, 6) is -1.29. The SMILES string of the molecule is CCN(Cc1ccc(C#N)cc1F)C(=O)CNC(=O)CN. The lowest BCUT2D eigenvalue weighted by atomic mass is 10.1. The number of benzene rings is 1. The van der Waals surface area contributed by atoms with E-state index in [-0.39, 0.29) is 31.1 Å². The van der Waals surface area contributed by atoms with Gasteiger partial charge >= 0.3 is 0 Å². The van der Waals surface area contributed by atoms with E-state index in [0.717, 1.165) is 6.07 Å². The van der Waals surface area contributed by atoms with Crippen molar-refractivity contribution in [1.29, 1.82) is 5.26 Å². The van der Waals surface area contributed by atoms with Crippen molar-refractivity contribution in [3.63, 3.8) is 0 Å². The molecule has 1 aromatic carbocycles. The van der Waals surface area contributed by atoms with Crippen LogP contribution in [-0.2, 0) is 16.1 Å². The first-order valence-electron chi connectivity index (χ1n) is 6.44. The highest BCUT2D eigenvalue weighted by molar-refractivity contribution is 5.85. The summed E-state index contributed by atoms with van der Waals surface area (Å²) in [6, 6.07) is 5.94. The molecule has 0 bridgehead atoms. The molecule has 0 heterocycles. The van der Waals surface area contributed by atoms with Crippen LogP contribution in [0.3, 0.4) is 0 Å². The number of rotatable bonds is 6. The number of amides is 2. The van der Waals surface area contributed by atoms with Gasteiger partial charge in [0.05, 0.1) is 24.7 Å². The maximum atomic E-state index is 13.8. The van der Waals surface area contributed by atoms with Crippen molar-refractivity contribution in [3.05, 3.63) is 35.1 Å². The van der Waals surface area contributed by atoms with Crippen LogP contribution in [0.2, 0.25) is 0 Å². The van der Waals surface area contributed by atoms with E-state index in [9.17, 15) is 14.0 Å². The van der Waals surface area contributed by atoms with Gasteiger partial charge in [-0.2, -0.15) is 5.26 Å². The number of likely N-dealkylation sites (N-methyl/N-ethyl adjacent to an activating group) is 1. The van der Waals surface area contributed by atoms with Crippen LogP contribution in [0.15, 0.2) is 18.2 Å². The van der Waals surface area contributed by atoms with Crippen molar-refractivity contribution in [2.24, 2.45) is 5.73 Å². The lowest BCUT2D eigenvalue weighted by Gasteiger charge is -2.21. The second kappa shape index (κ2) is 7.97. The Balaban J connectivity index is 2.71. The molecule has 0 atom stereocenters. The van der Waals surface area contributed by atoms with E-state index in [1.807, 2.05) is 6.07 Å². The summed E-state index contributed by atoms with van der Waals surface area (Å²) < 4.78 is 13.8. The molecule has 3 N–H and O–H groups in total. The van der Waals surface area contributed by atoms with Gasteiger partial charge in [0.25, 0.3) is 0 Å². The molecule has 0 fully saturated rings. The Morgan fingerprint density at radius 3 is 2.71 bits per heavy atom. The van der Waals surface area contributed by atoms with Crippen LogP contribution in [-0.4, -0.2) is 36.3 Å². The van der Waals surface area contributed by atoms with E-state index in [1.54, 1.807) is 6.92 Å². The third-order valence-corrected chi connectivity index (χ3v) is 2.90. The molecule has 0 saturated carbocycles. The van der Waals surface area contributed by atoms with Crippen molar-refractivity contribution in [2.75, 3.05) is 19.6 Å². The Labute approximate surface area is 122 Å². The molecule has 21 heavy (non-hydrogen) atoms. The van der Waals surface area contributed by atoms with E-state index in [2.05, 4.69) is 5.32 Å². The normalized spacial score (nSPS) is 9.81. The van der Waals surface area contributed by atoms with Gasteiger partial charge in [0, 0.05) is 18.7 Å². The Hall–Kier alpha value is -2.46. The van der Waals surface area contributed by atoms with E-state index in [4.69, 9.17) is 11.0 Å². The number of halogens is 1. The topological polar surface area (TPSA) is 99.2 Å². The largest absolute Gasteiger partial charge is 0.346 e. The summed E-state index contributed by atoms with van der Waals surface area (Å²) in [5, 5.41) is 11.1. The molecule has 0 saturated heterocycles. The summed E-state index contributed by atoms with van der Waals surface area (Å²) in [4.78, 5) is 24.3. The molecule has 6 nitrogen and oxygen atoms in total. The van der Waals surface area contributed by atoms with Gasteiger partial charge in [-0.15, -0.1) is 0 Å². The molecule has 0 unspecified atom stereocenters. The Morgan fingerprint density at radius 2 is 2.19 bits per heavy atom. The molecule has 112 valence electrons. The maximum Gasteiger partial charge on any atom is 0.242 e. The zero-order valence-corrected chi connectivity index (χ0v) is 11.7. The summed E-state index contributed by atoms with van der Waals surface area (Å²) in [6.07, 6.45) is 0. The monoisotopic (exact) mass is 292 g/mol. The van der Waals surface area contributed by atoms with Crippen molar-refractivity contribution in [1.82, 2.24) is 10.2 Å². The lowest BCUT2D eigenvalue weighted by molar-refractivity contribution is -0.133. The first-order valence-corrected chi connectivity index (χ1v) is 6.44. The minimum Gasteiger partial charge on any atom is -0.346 e. The van der Waals surface area contributed by atoms with Crippen molar-refractivity contribution in [2.45, 2.75) is 13.5 Å². The summed E-state index contributed by atoms with van der Waals surface area (Å²) in [5.41, 5.74) is 5.66. The smallest absolute Gasteiger partial charge is 0.242 e. The number of nitrogens with one attached hydrogen (secondary N) is 1. The van der Waals surface area contributed by atoms with Gasteiger partial charge in [0.1, 0.15) is 5.82 Å². The fraction of sp³-hybridized carbons (Fsp3) is 0.357. The highest BCUT2D eigenvalue weighted by atomic mass is 19.1. The summed E-state index contributed by atoms with van der Waals surface area (Å²) in [7, 11) is 0. The van der Waals surface area contributed by atoms with Crippen molar-refractivity contribution < 1.29 is 14.0 Å². The molecular formula is C14H17FN4O2. The molecule has 0 aromatic heterocycles. The highest BCUT2D eigenvalue weighted by Gasteiger charge is 2.15. The van der Waals surface area contributed by atoms with Crippen LogP contribution < -0.4 is 11.1 Å². The molecule has 1 aromatic rings. The number of hydrogen-bond donors (Lipinski definition) is 2. The zero-order valence-electron chi connectivity index (χ0n) is 11.7. The van der Waals surface area contributed by atoms with Crippen LogP contribution in [0.1, 0.15) is 18.1 Å². The van der Waals surface area contributed by atoms with Crippen LogP contribution in [0.5, 0.6) is 0 Å². The Morgan fingerprint density at radius 1 is 1.48 bits per heavy atom. The molecule has 7 heteroatoms. The third kappa shape index (κ3) is 4.85. The second-order valence-electron chi connectivity index (χ2n) is 4.31. The van der Waals surface area contributed by atoms with Gasteiger partial charge in [-0.05, 0) is 19.1 Å². The molecule has 0 aliphatic heterocycles. The van der Waals surface area contributed by atoms with E-state index in [0.29, 0.717) is 12.1 Å². The van der Waals surface area contributed by atoms with Gasteiger partial charge in [-0.25, -0.2) is 4.39 Å². The predicted molar refractivity (Wildman–Crippen MR) is 74.3 cm³/mol. The average Bonchev–Trinajstić information content (AvgIpc) is 2.50. The molecule has 1 rings (SSSR count). The van der Waals surface area contributed by atoms with Gasteiger partial charge < -0.3 is 16.0 Å². The average molecular weight is 292 g/mol. The molecule has 2 amide bonds. The first-order chi connectivity index (χ1) is 10.0. The van der Waals surface area contributed by atoms with E-state index >= 15 is 0 Å². The predicted octanol–water partition coefficient (Wildman–Crippen LogP) is 0.121. The molecule has 0 aliphatic rings. The van der Waals surface area contributed by atoms with Gasteiger partial charge in [-0.1, -0.05) is 6.07 Å². The summed E-state index contributed by atoms with van der Waals surface area (Å²) in [6.45, 7) is 1.83. The zero-order chi connectivity index (χ0) is 15.8. The van der Waals surface area contributed by atoms with Crippen molar-refractivity contribution in [3.8, 4) is 6.07 Å². The number of carbonyl (C=O) groups excluding carboxylic acids is 2. The number of hydrogen-bond acceptors (Lipinski definition) is 4. The summed E-state index contributed by atoms with van der Waals surface area (Å²) >= 11 is 0. The fourth-order valence-electron chi connectivity index (χ4n) is 1.69. The van der Waals surface area contributed by atoms with Crippen LogP contribution in [0.4, 0.5) is 4.39 Å². The van der Waals surface area contributed by atoms with Gasteiger partial charge in [0.2, 0.25) is 11.8 Å². The number of carbonyl (C=O) groups is 2. The highest BCUT2D eigenvalue weighted by Crippen LogP contribution is 2.12. The molecular weight excluding hydrogens is 275 g/mol. The quantitative estimate of drug-likeness (QED) is 0.778. The van der Waals surface area contributed by atoms with Gasteiger partial charge in [-0.3, -0.25) is 9.59 Å². The lowest BCUT2D eigenvalue weighted by Crippen LogP contribution is -2.41. The molecule has 0 aliphatic carbocycles. The maximum absolute atomic E-state index is 13.8. The number of nitrogens with zero attached hydrogens (tertiary/aromatic N) is 2. The van der Waals surface area contributed by atoms with Crippen LogP contribution in [0.25, 0.3) is 0 Å². The van der Waals surface area contributed by atoms with Crippen molar-refractivity contribution >= 4 is 11.8 Å². The Kier molecular flexibility index (Phi) is 6.30. The van der Waals surface area contributed by atoms with Crippen LogP contribution in [0, 0.1) is 17.1 Å². The second-order valence-corrected chi connectivity index (χ2v) is 4.31. The fourth-order valence-corrected chi connectivity index (χ4v) is 1.69. The molecule has 0 spiro atoms. The third-order valence-electron chi connectivity index (χ3n) is 2.90. The van der Waals surface area contributed by atoms with E-state index in [1.165, 1.54) is 17.0 Å². The first kappa shape index (κ1) is 16.6. The van der Waals surface area contributed by atoms with E-state index < -0.39 is 11.7 Å². The minimum absolute atomic E-state index is 0.0748. The van der Waals surface area contributed by atoms with Crippen LogP contribution >= 0.6 is 0 Å². The molecule has 0 radical (unpaired) electrons. The van der Waals surface area contributed by atoms with Gasteiger partial charge in [0.15, 0.2) is 0 Å². The standard InChI is InChI=1S/C14H17FN4O2/c1-2-19(14(21)8-18-13(20)7-17)9-11-4-3-10(6-16)5-12(11)15/h3-5H,2,7-9,17H2,1H3,(H,18,20).